The number of primary amides is 1. The molecule has 0 aliphatic carbocycles. The maximum absolute atomic E-state index is 15.1. The standard InChI is InChI=1S/C64H82N18O13.C2H4O2/c1-34(2)23-46(56(88)75-45(13-7-21-69-64(66)67)63(95)82-22-8-14-52(82)62(94)72-31-53(65)85)76-58(90)48(25-36-28-70-42-11-5-3-9-40(36)42)78-57(89)47(24-35-15-17-39(84)18-16-35)77-61(93)51(32-83)81-59(91)49(26-37-29-71-43-12-6-4-10-41(37)43)79-60(92)50(27-38-30-68-33-73-38)80-55(87)44-19-20-54(86)74-44;1-2(3)4/h3-6,9-12,15-18,28-30,33-34,44-52,70-71,83-84H,7-8,13-14,19-27,31-32H2,1-2H3,(H2,65,85)(H,68,73)(H,72,94)(H,74,86)(H,75,88)(H,76,90)(H,77,93)(H,78,89)(H,79,92)(H,80,87)(H,81,91)(H4,66,67,69);1H3,(H,3,4)/t44-,45-,46-,47-,48+,49-,50-,51-,52-;/m0./s1. The summed E-state index contributed by atoms with van der Waals surface area (Å²) in [5.74, 6) is -9.88. The number of guanidine groups is 1. The van der Waals surface area contributed by atoms with Gasteiger partial charge in [0.1, 0.15) is 60.1 Å². The molecule has 99 heavy (non-hydrogen) atoms. The molecular formula is C66H86N18O15. The fourth-order valence-electron chi connectivity index (χ4n) is 11.5. The highest BCUT2D eigenvalue weighted by atomic mass is 16.4. The number of carboxylic acids is 1. The van der Waals surface area contributed by atoms with E-state index in [-0.39, 0.29) is 101 Å². The summed E-state index contributed by atoms with van der Waals surface area (Å²) < 4.78 is 0. The number of para-hydroxylation sites is 2. The summed E-state index contributed by atoms with van der Waals surface area (Å²) in [4.78, 5) is 181. The van der Waals surface area contributed by atoms with E-state index in [1.807, 2.05) is 0 Å². The Bertz CT molecular complexity index is 3860. The average Bonchev–Trinajstić information content (AvgIpc) is 1.77. The van der Waals surface area contributed by atoms with E-state index < -0.39 is 133 Å². The minimum atomic E-state index is -1.80. The van der Waals surface area contributed by atoms with Crippen molar-refractivity contribution in [3.8, 4) is 5.75 Å². The smallest absolute Gasteiger partial charge is 0.300 e. The second kappa shape index (κ2) is 36.1. The molecule has 9 atom stereocenters. The molecule has 8 rings (SSSR count). The van der Waals surface area contributed by atoms with Crippen molar-refractivity contribution in [1.29, 1.82) is 0 Å². The quantitative estimate of drug-likeness (QED) is 0.0118. The Morgan fingerprint density at radius 1 is 0.646 bits per heavy atom. The number of nitrogens with two attached hydrogens (primary N) is 3. The van der Waals surface area contributed by atoms with Crippen molar-refractivity contribution in [1.82, 2.24) is 72.7 Å². The molecule has 3 aromatic carbocycles. The van der Waals surface area contributed by atoms with Crippen LogP contribution >= 0.6 is 0 Å². The number of imidazole rings is 1. The second-order valence-corrected chi connectivity index (χ2v) is 24.5. The number of aliphatic hydroxyl groups is 1. The number of carbonyl (C=O) groups excluding carboxylic acids is 11. The molecule has 3 aromatic heterocycles. The Labute approximate surface area is 568 Å². The van der Waals surface area contributed by atoms with Gasteiger partial charge in [-0.25, -0.2) is 4.98 Å². The Morgan fingerprint density at radius 3 is 1.68 bits per heavy atom. The number of nitrogens with one attached hydrogen (secondary N) is 12. The number of carboxylic acid groups (broad SMARTS) is 1. The van der Waals surface area contributed by atoms with Crippen LogP contribution in [0.1, 0.15) is 88.1 Å². The summed E-state index contributed by atoms with van der Waals surface area (Å²) in [6.07, 6.45) is 6.51. The van der Waals surface area contributed by atoms with E-state index in [0.29, 0.717) is 50.6 Å². The van der Waals surface area contributed by atoms with E-state index in [0.717, 1.165) is 6.92 Å². The Morgan fingerprint density at radius 2 is 1.16 bits per heavy atom. The van der Waals surface area contributed by atoms with E-state index in [9.17, 15) is 53.4 Å². The zero-order valence-electron chi connectivity index (χ0n) is 54.9. The van der Waals surface area contributed by atoms with Crippen molar-refractivity contribution in [2.75, 3.05) is 26.2 Å². The van der Waals surface area contributed by atoms with Crippen LogP contribution in [0.4, 0.5) is 0 Å². The molecule has 2 fully saturated rings. The van der Waals surface area contributed by atoms with Crippen molar-refractivity contribution >= 4 is 98.7 Å². The number of aliphatic imine (C=N–C) groups is 1. The van der Waals surface area contributed by atoms with Crippen LogP contribution in [0.25, 0.3) is 21.8 Å². The zero-order valence-corrected chi connectivity index (χ0v) is 54.9. The van der Waals surface area contributed by atoms with Crippen LogP contribution in [0, 0.1) is 5.92 Å². The van der Waals surface area contributed by atoms with Crippen LogP contribution in [0.15, 0.2) is 103 Å². The minimum absolute atomic E-state index is 0.00905. The number of aromatic hydroxyl groups is 1. The number of fused-ring (bicyclic) bond motifs is 2. The maximum atomic E-state index is 15.1. The fraction of sp³-hybridized carbons (Fsp3) is 0.424. The highest BCUT2D eigenvalue weighted by Crippen LogP contribution is 2.24. The molecule has 530 valence electrons. The number of phenolic OH excluding ortho intramolecular Hbond substituents is 1. The van der Waals surface area contributed by atoms with Gasteiger partial charge in [-0.2, -0.15) is 0 Å². The molecule has 2 aliphatic heterocycles. The van der Waals surface area contributed by atoms with Crippen molar-refractivity contribution in [3.05, 3.63) is 120 Å². The number of hydrogen-bond acceptors (Lipinski definition) is 16. The first kappa shape index (κ1) is 75.0. The summed E-state index contributed by atoms with van der Waals surface area (Å²) in [6.45, 7) is 3.41. The van der Waals surface area contributed by atoms with E-state index in [1.165, 1.54) is 41.7 Å². The Balaban J connectivity index is 0.00000335. The van der Waals surface area contributed by atoms with Crippen LogP contribution in [0.5, 0.6) is 5.75 Å². The van der Waals surface area contributed by atoms with Gasteiger partial charge in [0.05, 0.1) is 19.5 Å². The van der Waals surface area contributed by atoms with Gasteiger partial charge in [0.15, 0.2) is 5.96 Å². The lowest BCUT2D eigenvalue weighted by Gasteiger charge is -2.30. The van der Waals surface area contributed by atoms with Gasteiger partial charge in [-0.1, -0.05) is 62.4 Å². The molecular weight excluding hydrogens is 1280 g/mol. The number of hydrogen-bond donors (Lipinski definition) is 18. The van der Waals surface area contributed by atoms with E-state index in [1.54, 1.807) is 74.8 Å². The van der Waals surface area contributed by atoms with Gasteiger partial charge in [0, 0.05) is 98.2 Å². The lowest BCUT2D eigenvalue weighted by molar-refractivity contribution is -0.142. The summed E-state index contributed by atoms with van der Waals surface area (Å²) in [5, 5.41) is 53.9. The van der Waals surface area contributed by atoms with Crippen LogP contribution in [-0.2, 0) is 83.2 Å². The molecule has 21 N–H and O–H groups in total. The predicted octanol–water partition coefficient (Wildman–Crippen LogP) is -2.20. The van der Waals surface area contributed by atoms with Gasteiger partial charge in [0.2, 0.25) is 65.0 Å². The van der Waals surface area contributed by atoms with Gasteiger partial charge in [-0.3, -0.25) is 62.5 Å². The predicted molar refractivity (Wildman–Crippen MR) is 359 cm³/mol. The number of phenols is 1. The summed E-state index contributed by atoms with van der Waals surface area (Å²) in [7, 11) is 0. The number of nitrogens with zero attached hydrogens (tertiary/aromatic N) is 3. The molecule has 6 aromatic rings. The van der Waals surface area contributed by atoms with Crippen molar-refractivity contribution in [2.45, 2.75) is 146 Å². The van der Waals surface area contributed by atoms with Gasteiger partial charge in [0.25, 0.3) is 5.97 Å². The molecule has 0 radical (unpaired) electrons. The number of H-pyrrole nitrogens is 3. The van der Waals surface area contributed by atoms with Crippen molar-refractivity contribution in [2.24, 2.45) is 28.1 Å². The number of aliphatic hydroxyl groups excluding tert-OH is 1. The number of carbonyl (C=O) groups is 12. The van der Waals surface area contributed by atoms with Crippen LogP contribution in [-0.4, -0.2) is 198 Å². The topological polar surface area (TPSA) is 528 Å². The van der Waals surface area contributed by atoms with Crippen molar-refractivity contribution in [3.63, 3.8) is 0 Å². The number of amides is 11. The largest absolute Gasteiger partial charge is 0.508 e. The fourth-order valence-corrected chi connectivity index (χ4v) is 11.5. The molecule has 2 aliphatic rings. The van der Waals surface area contributed by atoms with Gasteiger partial charge in [-0.15, -0.1) is 0 Å². The summed E-state index contributed by atoms with van der Waals surface area (Å²) >= 11 is 0. The number of aromatic nitrogens is 4. The average molecular weight is 1370 g/mol. The lowest BCUT2D eigenvalue weighted by atomic mass is 9.99. The molecule has 33 nitrogen and oxygen atoms in total. The van der Waals surface area contributed by atoms with Gasteiger partial charge in [-0.05, 0) is 85.4 Å². The SMILES string of the molecule is CC(=O)O.CC(C)C[C@H](NC(=O)[C@@H](Cc1c[nH]c2ccccc12)NC(=O)[C@H](Cc1ccc(O)cc1)NC(=O)[C@H](CO)NC(=O)[C@H](Cc1c[nH]c2ccccc12)NC(=O)[C@H](Cc1cnc[nH]1)NC(=O)[C@@H]1CCC(=O)N1)C(=O)N[C@@H](CCCN=C(N)N)C(=O)N1CCC[C@H]1C(=O)NCC(N)=O. The van der Waals surface area contributed by atoms with Crippen LogP contribution in [0.2, 0.25) is 0 Å². The van der Waals surface area contributed by atoms with Crippen LogP contribution < -0.4 is 65.1 Å². The number of aliphatic carboxylic acids is 1. The monoisotopic (exact) mass is 1370 g/mol. The van der Waals surface area contributed by atoms with Gasteiger partial charge < -0.3 is 100 Å². The molecule has 0 spiro atoms. The number of aromatic amines is 3. The molecule has 2 saturated heterocycles. The number of rotatable bonds is 33. The Hall–Kier alpha value is -11.4. The second-order valence-electron chi connectivity index (χ2n) is 24.5. The third-order valence-corrected chi connectivity index (χ3v) is 16.4. The normalized spacial score (nSPS) is 16.2. The molecule has 0 unspecified atom stereocenters. The number of benzene rings is 3. The third kappa shape index (κ3) is 22.3. The third-order valence-electron chi connectivity index (χ3n) is 16.4. The molecule has 11 amide bonds. The summed E-state index contributed by atoms with van der Waals surface area (Å²) in [5.41, 5.74) is 19.8. The molecule has 5 heterocycles. The first-order valence-electron chi connectivity index (χ1n) is 32.3. The van der Waals surface area contributed by atoms with Crippen LogP contribution in [0.3, 0.4) is 0 Å². The lowest BCUT2D eigenvalue weighted by Crippen LogP contribution is -2.61. The minimum Gasteiger partial charge on any atom is -0.508 e. The highest BCUT2D eigenvalue weighted by molar-refractivity contribution is 6.00. The van der Waals surface area contributed by atoms with Gasteiger partial charge >= 0.3 is 0 Å². The maximum Gasteiger partial charge on any atom is 0.300 e. The van der Waals surface area contributed by atoms with E-state index in [2.05, 4.69) is 72.8 Å². The molecule has 0 saturated carbocycles. The highest BCUT2D eigenvalue weighted by Gasteiger charge is 2.40. The summed E-state index contributed by atoms with van der Waals surface area (Å²) in [6, 6.07) is 7.78. The Kier molecular flexibility index (Phi) is 27.4. The molecule has 33 heteroatoms. The number of likely N-dealkylation sites (tertiary alicyclic amines) is 1. The molecule has 0 bridgehead atoms. The van der Waals surface area contributed by atoms with E-state index in [4.69, 9.17) is 27.1 Å². The first-order chi connectivity index (χ1) is 47.3. The zero-order chi connectivity index (χ0) is 71.9. The van der Waals surface area contributed by atoms with Crippen molar-refractivity contribution < 1.29 is 72.9 Å². The first-order valence-corrected chi connectivity index (χ1v) is 32.3. The van der Waals surface area contributed by atoms with E-state index >= 15 is 9.59 Å².